The van der Waals surface area contributed by atoms with Gasteiger partial charge in [-0.2, -0.15) is 17.5 Å². The van der Waals surface area contributed by atoms with Crippen molar-refractivity contribution < 1.29 is 35.5 Å². The molecule has 2 aromatic rings. The molecule has 5 nitrogen and oxygen atoms in total. The number of pyridine rings is 1. The summed E-state index contributed by atoms with van der Waals surface area (Å²) in [6.45, 7) is -1.32. The minimum Gasteiger partial charge on any atom is -0.382 e. The van der Waals surface area contributed by atoms with Crippen LogP contribution in [0.25, 0.3) is 0 Å². The number of alkyl halides is 3. The van der Waals surface area contributed by atoms with Gasteiger partial charge in [-0.15, -0.1) is 0 Å². The van der Waals surface area contributed by atoms with Crippen molar-refractivity contribution in [2.24, 2.45) is 0 Å². The summed E-state index contributed by atoms with van der Waals surface area (Å²) in [6.07, 6.45) is -4.04. The average Bonchev–Trinajstić information content (AvgIpc) is 2.50. The molecule has 0 aliphatic carbocycles. The van der Waals surface area contributed by atoms with Crippen molar-refractivity contribution in [3.63, 3.8) is 0 Å². The fourth-order valence-electron chi connectivity index (χ4n) is 2.65. The molecule has 140 valence electrons. The third-order valence-electron chi connectivity index (χ3n) is 3.94. The number of hydrogen-bond donors (Lipinski definition) is 1. The Hall–Kier alpha value is -2.11. The summed E-state index contributed by atoms with van der Waals surface area (Å²) in [7, 11) is -4.66. The summed E-state index contributed by atoms with van der Waals surface area (Å²) in [5, 5.41) is 9.16. The van der Waals surface area contributed by atoms with Crippen LogP contribution in [0.1, 0.15) is 11.1 Å². The van der Waals surface area contributed by atoms with E-state index in [4.69, 9.17) is 0 Å². The lowest BCUT2D eigenvalue weighted by atomic mass is 9.88. The molecule has 0 unspecified atom stereocenters. The number of aromatic nitrogens is 1. The Balaban J connectivity index is 1.91. The lowest BCUT2D eigenvalue weighted by molar-refractivity contribution is -0.140. The van der Waals surface area contributed by atoms with Gasteiger partial charge in [-0.1, -0.05) is 0 Å². The second-order valence-corrected chi connectivity index (χ2v) is 7.67. The van der Waals surface area contributed by atoms with Crippen LogP contribution in [-0.2, 0) is 21.8 Å². The van der Waals surface area contributed by atoms with Crippen LogP contribution in [0.2, 0.25) is 0 Å². The maximum Gasteiger partial charge on any atom is 0.419 e. The van der Waals surface area contributed by atoms with Crippen molar-refractivity contribution in [1.29, 1.82) is 0 Å². The maximum absolute atomic E-state index is 13.3. The first-order valence-corrected chi connectivity index (χ1v) is 8.59. The van der Waals surface area contributed by atoms with Gasteiger partial charge in [0.1, 0.15) is 17.2 Å². The zero-order valence-electron chi connectivity index (χ0n) is 12.8. The molecule has 1 aromatic heterocycles. The Morgan fingerprint density at radius 1 is 1.12 bits per heavy atom. The third kappa shape index (κ3) is 3.17. The van der Waals surface area contributed by atoms with Crippen LogP contribution < -0.4 is 0 Å². The molecule has 1 aliphatic rings. The van der Waals surface area contributed by atoms with Gasteiger partial charge in [0.2, 0.25) is 0 Å². The molecule has 0 bridgehead atoms. The molecule has 3 rings (SSSR count). The Morgan fingerprint density at radius 3 is 2.23 bits per heavy atom. The third-order valence-corrected chi connectivity index (χ3v) is 5.69. The lowest BCUT2D eigenvalue weighted by Gasteiger charge is -2.45. The molecule has 0 radical (unpaired) electrons. The number of hydrogen-bond acceptors (Lipinski definition) is 4. The van der Waals surface area contributed by atoms with Crippen molar-refractivity contribution in [2.75, 3.05) is 13.1 Å². The molecule has 1 saturated heterocycles. The quantitative estimate of drug-likeness (QED) is 0.811. The van der Waals surface area contributed by atoms with Gasteiger partial charge in [0, 0.05) is 25.4 Å². The second kappa shape index (κ2) is 5.96. The van der Waals surface area contributed by atoms with Gasteiger partial charge in [0.15, 0.2) is 5.03 Å². The first-order valence-electron chi connectivity index (χ1n) is 7.15. The van der Waals surface area contributed by atoms with Gasteiger partial charge < -0.3 is 5.11 Å². The largest absolute Gasteiger partial charge is 0.419 e. The first-order chi connectivity index (χ1) is 11.9. The molecule has 0 saturated carbocycles. The summed E-state index contributed by atoms with van der Waals surface area (Å²) in [5.74, 6) is -1.95. The van der Waals surface area contributed by atoms with E-state index in [1.165, 1.54) is 0 Å². The zero-order valence-corrected chi connectivity index (χ0v) is 13.7. The van der Waals surface area contributed by atoms with Crippen molar-refractivity contribution >= 4 is 10.0 Å². The number of benzene rings is 1. The molecular formula is C15H11F5N2O3S. The normalized spacial score (nSPS) is 17.8. The maximum atomic E-state index is 13.3. The van der Waals surface area contributed by atoms with E-state index in [1.807, 2.05) is 0 Å². The number of rotatable bonds is 3. The Bertz CT molecular complexity index is 936. The van der Waals surface area contributed by atoms with Crippen LogP contribution in [0.3, 0.4) is 0 Å². The van der Waals surface area contributed by atoms with Gasteiger partial charge in [-0.05, 0) is 29.8 Å². The van der Waals surface area contributed by atoms with Crippen molar-refractivity contribution in [2.45, 2.75) is 16.8 Å². The average molecular weight is 394 g/mol. The van der Waals surface area contributed by atoms with E-state index < -0.39 is 57.1 Å². The molecular weight excluding hydrogens is 383 g/mol. The standard InChI is InChI=1S/C15H11F5N2O3S/c16-10-4-9(5-11(17)6-10)14(23)7-22(8-14)26(24,25)13-12(15(18,19)20)2-1-3-21-13/h1-6,23H,7-8H2. The minimum absolute atomic E-state index is 0.210. The summed E-state index contributed by atoms with van der Waals surface area (Å²) < 4.78 is 91.0. The number of sulfonamides is 1. The van der Waals surface area contributed by atoms with Crippen molar-refractivity contribution in [1.82, 2.24) is 9.29 Å². The summed E-state index contributed by atoms with van der Waals surface area (Å²) in [5.41, 5.74) is -3.56. The highest BCUT2D eigenvalue weighted by Crippen LogP contribution is 2.39. The van der Waals surface area contributed by atoms with Crippen LogP contribution in [0, 0.1) is 11.6 Å². The molecule has 26 heavy (non-hydrogen) atoms. The molecule has 1 fully saturated rings. The van der Waals surface area contributed by atoms with E-state index in [0.29, 0.717) is 16.4 Å². The van der Waals surface area contributed by atoms with E-state index >= 15 is 0 Å². The molecule has 1 aliphatic heterocycles. The Labute approximate surface area is 144 Å². The summed E-state index contributed by atoms with van der Waals surface area (Å²) >= 11 is 0. The van der Waals surface area contributed by atoms with E-state index in [-0.39, 0.29) is 5.56 Å². The molecule has 0 atom stereocenters. The van der Waals surface area contributed by atoms with Crippen LogP contribution in [0.15, 0.2) is 41.6 Å². The molecule has 0 spiro atoms. The number of halogens is 5. The van der Waals surface area contributed by atoms with Gasteiger partial charge in [0.05, 0.1) is 5.56 Å². The SMILES string of the molecule is O=S(=O)(c1ncccc1C(F)(F)F)N1CC(O)(c2cc(F)cc(F)c2)C1. The molecule has 1 aromatic carbocycles. The van der Waals surface area contributed by atoms with E-state index in [0.717, 1.165) is 24.4 Å². The predicted molar refractivity (Wildman–Crippen MR) is 78.3 cm³/mol. The molecule has 2 heterocycles. The number of aliphatic hydroxyl groups is 1. The van der Waals surface area contributed by atoms with Crippen molar-refractivity contribution in [3.05, 3.63) is 59.3 Å². The smallest absolute Gasteiger partial charge is 0.382 e. The van der Waals surface area contributed by atoms with Gasteiger partial charge in [-0.25, -0.2) is 22.2 Å². The van der Waals surface area contributed by atoms with E-state index in [1.54, 1.807) is 0 Å². The van der Waals surface area contributed by atoms with Gasteiger partial charge in [0.25, 0.3) is 10.0 Å². The topological polar surface area (TPSA) is 70.5 Å². The molecule has 11 heteroatoms. The Kier molecular flexibility index (Phi) is 4.28. The molecule has 1 N–H and O–H groups in total. The van der Waals surface area contributed by atoms with E-state index in [2.05, 4.69) is 4.98 Å². The number of nitrogens with zero attached hydrogens (tertiary/aromatic N) is 2. The Morgan fingerprint density at radius 2 is 1.69 bits per heavy atom. The van der Waals surface area contributed by atoms with Gasteiger partial charge in [-0.3, -0.25) is 0 Å². The monoisotopic (exact) mass is 394 g/mol. The highest BCUT2D eigenvalue weighted by molar-refractivity contribution is 7.89. The fraction of sp³-hybridized carbons (Fsp3) is 0.267. The highest BCUT2D eigenvalue weighted by Gasteiger charge is 2.51. The minimum atomic E-state index is -4.94. The van der Waals surface area contributed by atoms with Crippen LogP contribution in [0.4, 0.5) is 22.0 Å². The predicted octanol–water partition coefficient (Wildman–Crippen LogP) is 2.27. The van der Waals surface area contributed by atoms with Crippen molar-refractivity contribution in [3.8, 4) is 0 Å². The van der Waals surface area contributed by atoms with Crippen LogP contribution in [-0.4, -0.2) is 35.9 Å². The zero-order chi connectivity index (χ0) is 19.3. The summed E-state index contributed by atoms with van der Waals surface area (Å²) in [4.78, 5) is 3.32. The first kappa shape index (κ1) is 18.7. The van der Waals surface area contributed by atoms with Crippen LogP contribution in [0.5, 0.6) is 0 Å². The van der Waals surface area contributed by atoms with E-state index in [9.17, 15) is 35.5 Å². The summed E-state index contributed by atoms with van der Waals surface area (Å²) in [6, 6.07) is 3.76. The van der Waals surface area contributed by atoms with Gasteiger partial charge >= 0.3 is 6.18 Å². The lowest BCUT2D eigenvalue weighted by Crippen LogP contribution is -2.61. The fourth-order valence-corrected chi connectivity index (χ4v) is 4.31. The second-order valence-electron chi connectivity index (χ2n) is 5.82. The highest BCUT2D eigenvalue weighted by atomic mass is 32.2. The van der Waals surface area contributed by atoms with Crippen LogP contribution >= 0.6 is 0 Å². The number of β-amino-alcohol motifs (C(OH)–C–C–N with tert-alkyl or cyclic N) is 1. The molecule has 0 amide bonds.